The number of hydrogen-bond donors (Lipinski definition) is 1. The molecule has 0 bridgehead atoms. The van der Waals surface area contributed by atoms with Gasteiger partial charge in [-0.15, -0.1) is 11.3 Å². The van der Waals surface area contributed by atoms with Crippen molar-refractivity contribution in [3.63, 3.8) is 0 Å². The summed E-state index contributed by atoms with van der Waals surface area (Å²) >= 11 is 1.36. The highest BCUT2D eigenvalue weighted by Gasteiger charge is 2.11. The summed E-state index contributed by atoms with van der Waals surface area (Å²) in [4.78, 5) is 20.7. The molecular formula is C18H12N4O2S. The van der Waals surface area contributed by atoms with E-state index in [2.05, 4.69) is 20.5 Å². The van der Waals surface area contributed by atoms with E-state index in [0.29, 0.717) is 22.0 Å². The minimum Gasteiger partial charge on any atom is -0.422 e. The Bertz CT molecular complexity index is 1100. The van der Waals surface area contributed by atoms with Crippen LogP contribution in [0, 0.1) is 0 Å². The molecule has 122 valence electrons. The zero-order valence-electron chi connectivity index (χ0n) is 12.9. The van der Waals surface area contributed by atoms with Crippen LogP contribution < -0.4 is 11.1 Å². The molecule has 7 heteroatoms. The number of pyridine rings is 1. The minimum atomic E-state index is -0.410. The van der Waals surface area contributed by atoms with Gasteiger partial charge in [0.2, 0.25) is 5.13 Å². The second-order valence-corrected chi connectivity index (χ2v) is 6.01. The summed E-state index contributed by atoms with van der Waals surface area (Å²) in [5, 5.41) is 7.32. The first kappa shape index (κ1) is 15.2. The second kappa shape index (κ2) is 6.66. The number of nitrogens with one attached hydrogen (secondary N) is 1. The van der Waals surface area contributed by atoms with Crippen LogP contribution in [0.3, 0.4) is 0 Å². The van der Waals surface area contributed by atoms with Crippen LogP contribution in [0.15, 0.2) is 74.4 Å². The normalized spacial score (nSPS) is 11.2. The smallest absolute Gasteiger partial charge is 0.345 e. The standard InChI is InChI=1S/C18H12N4O2S/c23-17-14(9-12-5-1-2-7-16(12)24-17)15-11-25-18(21-15)22-20-10-13-6-3-4-8-19-13/h1-11H,(H,21,22)/b20-10-. The SMILES string of the molecule is O=c1oc2ccccc2cc1-c1csc(N/N=C\c2ccccn2)n1. The molecule has 6 nitrogen and oxygen atoms in total. The molecule has 0 saturated carbocycles. The maximum atomic E-state index is 12.2. The molecule has 1 N–H and O–H groups in total. The molecule has 4 rings (SSSR count). The molecule has 3 heterocycles. The summed E-state index contributed by atoms with van der Waals surface area (Å²) in [6.45, 7) is 0. The summed E-state index contributed by atoms with van der Waals surface area (Å²) < 4.78 is 5.35. The zero-order chi connectivity index (χ0) is 17.1. The van der Waals surface area contributed by atoms with Crippen molar-refractivity contribution in [2.24, 2.45) is 5.10 Å². The summed E-state index contributed by atoms with van der Waals surface area (Å²) in [6.07, 6.45) is 3.30. The second-order valence-electron chi connectivity index (χ2n) is 5.15. The number of thiazole rings is 1. The van der Waals surface area contributed by atoms with Crippen LogP contribution >= 0.6 is 11.3 Å². The van der Waals surface area contributed by atoms with Crippen LogP contribution in [0.2, 0.25) is 0 Å². The first-order valence-corrected chi connectivity index (χ1v) is 8.36. The van der Waals surface area contributed by atoms with E-state index in [9.17, 15) is 4.79 Å². The van der Waals surface area contributed by atoms with Gasteiger partial charge >= 0.3 is 5.63 Å². The fourth-order valence-corrected chi connectivity index (χ4v) is 2.95. The van der Waals surface area contributed by atoms with E-state index in [1.54, 1.807) is 29.9 Å². The number of aromatic nitrogens is 2. The van der Waals surface area contributed by atoms with Gasteiger partial charge in [-0.1, -0.05) is 24.3 Å². The Balaban J connectivity index is 1.58. The maximum Gasteiger partial charge on any atom is 0.345 e. The highest BCUT2D eigenvalue weighted by atomic mass is 32.1. The molecule has 0 unspecified atom stereocenters. The number of benzene rings is 1. The van der Waals surface area contributed by atoms with Crippen LogP contribution in [0.4, 0.5) is 5.13 Å². The van der Waals surface area contributed by atoms with Crippen molar-refractivity contribution in [2.45, 2.75) is 0 Å². The molecule has 25 heavy (non-hydrogen) atoms. The van der Waals surface area contributed by atoms with Crippen LogP contribution in [0.1, 0.15) is 5.69 Å². The van der Waals surface area contributed by atoms with Gasteiger partial charge in [0.1, 0.15) is 5.58 Å². The van der Waals surface area contributed by atoms with Gasteiger partial charge in [-0.05, 0) is 24.3 Å². The first-order chi connectivity index (χ1) is 12.3. The largest absolute Gasteiger partial charge is 0.422 e. The van der Waals surface area contributed by atoms with Gasteiger partial charge in [-0.2, -0.15) is 5.10 Å². The predicted octanol–water partition coefficient (Wildman–Crippen LogP) is 3.76. The number of hydrazone groups is 1. The third kappa shape index (κ3) is 3.31. The topological polar surface area (TPSA) is 80.4 Å². The number of anilines is 1. The zero-order valence-corrected chi connectivity index (χ0v) is 13.7. The average Bonchev–Trinajstić information content (AvgIpc) is 3.11. The highest BCUT2D eigenvalue weighted by Crippen LogP contribution is 2.25. The van der Waals surface area contributed by atoms with Gasteiger partial charge in [0, 0.05) is 17.0 Å². The van der Waals surface area contributed by atoms with Crippen LogP contribution in [-0.4, -0.2) is 16.2 Å². The van der Waals surface area contributed by atoms with Crippen molar-refractivity contribution >= 4 is 33.7 Å². The number of para-hydroxylation sites is 1. The molecule has 0 fully saturated rings. The number of hydrogen-bond acceptors (Lipinski definition) is 7. The van der Waals surface area contributed by atoms with Gasteiger partial charge in [0.15, 0.2) is 0 Å². The van der Waals surface area contributed by atoms with E-state index in [-0.39, 0.29) is 0 Å². The van der Waals surface area contributed by atoms with Crippen LogP contribution in [-0.2, 0) is 0 Å². The Hall–Kier alpha value is -3.32. The summed E-state index contributed by atoms with van der Waals surface area (Å²) in [5.74, 6) is 0. The Morgan fingerprint density at radius 2 is 2.04 bits per heavy atom. The lowest BCUT2D eigenvalue weighted by Gasteiger charge is -1.99. The monoisotopic (exact) mass is 348 g/mol. The maximum absolute atomic E-state index is 12.2. The third-order valence-electron chi connectivity index (χ3n) is 3.47. The average molecular weight is 348 g/mol. The fraction of sp³-hybridized carbons (Fsp3) is 0. The molecule has 4 aromatic rings. The number of fused-ring (bicyclic) bond motifs is 1. The molecule has 0 radical (unpaired) electrons. The van der Waals surface area contributed by atoms with Crippen molar-refractivity contribution in [3.8, 4) is 11.3 Å². The van der Waals surface area contributed by atoms with E-state index in [1.807, 2.05) is 36.4 Å². The Labute approximate surface area is 146 Å². The first-order valence-electron chi connectivity index (χ1n) is 7.48. The quantitative estimate of drug-likeness (QED) is 0.345. The van der Waals surface area contributed by atoms with Crippen molar-refractivity contribution < 1.29 is 4.42 Å². The van der Waals surface area contributed by atoms with Crippen molar-refractivity contribution in [2.75, 3.05) is 5.43 Å². The molecule has 1 aromatic carbocycles. The Morgan fingerprint density at radius 1 is 1.16 bits per heavy atom. The lowest BCUT2D eigenvalue weighted by atomic mass is 10.1. The van der Waals surface area contributed by atoms with Gasteiger partial charge in [-0.3, -0.25) is 10.4 Å². The minimum absolute atomic E-state index is 0.410. The molecule has 0 amide bonds. The number of rotatable bonds is 4. The van der Waals surface area contributed by atoms with Gasteiger partial charge < -0.3 is 4.42 Å². The van der Waals surface area contributed by atoms with E-state index < -0.39 is 5.63 Å². The third-order valence-corrected chi connectivity index (χ3v) is 4.21. The molecule has 0 aliphatic carbocycles. The van der Waals surface area contributed by atoms with Gasteiger partial charge in [-0.25, -0.2) is 9.78 Å². The molecule has 0 aliphatic heterocycles. The van der Waals surface area contributed by atoms with Crippen LogP contribution in [0.5, 0.6) is 0 Å². The molecular weight excluding hydrogens is 336 g/mol. The van der Waals surface area contributed by atoms with Crippen molar-refractivity contribution in [1.29, 1.82) is 0 Å². The van der Waals surface area contributed by atoms with Gasteiger partial charge in [0.05, 0.1) is 23.2 Å². The van der Waals surface area contributed by atoms with E-state index in [0.717, 1.165) is 11.1 Å². The molecule has 3 aromatic heterocycles. The van der Waals surface area contributed by atoms with Gasteiger partial charge in [0.25, 0.3) is 0 Å². The molecule has 0 aliphatic rings. The fourth-order valence-electron chi connectivity index (χ4n) is 2.30. The van der Waals surface area contributed by atoms with Crippen LogP contribution in [0.25, 0.3) is 22.2 Å². The summed E-state index contributed by atoms with van der Waals surface area (Å²) in [7, 11) is 0. The molecule has 0 saturated heterocycles. The summed E-state index contributed by atoms with van der Waals surface area (Å²) in [5.41, 5.74) is 4.72. The van der Waals surface area contributed by atoms with E-state index in [4.69, 9.17) is 4.42 Å². The lowest BCUT2D eigenvalue weighted by Crippen LogP contribution is -2.02. The van der Waals surface area contributed by atoms with E-state index in [1.165, 1.54) is 11.3 Å². The van der Waals surface area contributed by atoms with Crippen molar-refractivity contribution in [1.82, 2.24) is 9.97 Å². The summed E-state index contributed by atoms with van der Waals surface area (Å²) in [6, 6.07) is 14.7. The molecule has 0 spiro atoms. The lowest BCUT2D eigenvalue weighted by molar-refractivity contribution is 0.563. The highest BCUT2D eigenvalue weighted by molar-refractivity contribution is 7.14. The predicted molar refractivity (Wildman–Crippen MR) is 99.0 cm³/mol. The van der Waals surface area contributed by atoms with Crippen molar-refractivity contribution in [3.05, 3.63) is 76.2 Å². The number of nitrogens with zero attached hydrogens (tertiary/aromatic N) is 3. The Morgan fingerprint density at radius 3 is 2.92 bits per heavy atom. The molecule has 0 atom stereocenters. The van der Waals surface area contributed by atoms with E-state index >= 15 is 0 Å². The Kier molecular flexibility index (Phi) is 4.05.